The maximum Gasteiger partial charge on any atom is 0.251 e. The molecular weight excluding hydrogens is 262 g/mol. The Bertz CT molecular complexity index is 604. The van der Waals surface area contributed by atoms with Crippen molar-refractivity contribution in [2.24, 2.45) is 0 Å². The first-order valence-electron chi connectivity index (χ1n) is 7.21. The third-order valence-corrected chi connectivity index (χ3v) is 2.92. The van der Waals surface area contributed by atoms with Crippen LogP contribution in [0, 0.1) is 6.92 Å². The second-order valence-corrected chi connectivity index (χ2v) is 6.10. The van der Waals surface area contributed by atoms with Gasteiger partial charge in [-0.15, -0.1) is 5.10 Å². The molecule has 2 rings (SSSR count). The van der Waals surface area contributed by atoms with Crippen LogP contribution in [-0.4, -0.2) is 27.3 Å². The number of benzene rings is 1. The Labute approximate surface area is 126 Å². The van der Waals surface area contributed by atoms with Crippen molar-refractivity contribution >= 4 is 17.5 Å². The summed E-state index contributed by atoms with van der Waals surface area (Å²) in [5.41, 5.74) is 2.23. The zero-order valence-electron chi connectivity index (χ0n) is 13.4. The number of aryl methyl sites for hydroxylation is 1. The number of aromatic nitrogens is 3. The van der Waals surface area contributed by atoms with Gasteiger partial charge >= 0.3 is 0 Å². The molecule has 0 atom stereocenters. The van der Waals surface area contributed by atoms with Crippen LogP contribution in [-0.2, 0) is 0 Å². The minimum absolute atomic E-state index is 0.0618. The van der Waals surface area contributed by atoms with Crippen LogP contribution in [0.4, 0.5) is 17.5 Å². The summed E-state index contributed by atoms with van der Waals surface area (Å²) in [6, 6.07) is 8.30. The van der Waals surface area contributed by atoms with Crippen molar-refractivity contribution in [3.8, 4) is 0 Å². The van der Waals surface area contributed by atoms with E-state index in [1.54, 1.807) is 6.20 Å². The van der Waals surface area contributed by atoms with Crippen molar-refractivity contribution < 1.29 is 0 Å². The van der Waals surface area contributed by atoms with Crippen LogP contribution in [0.5, 0.6) is 0 Å². The molecule has 1 heterocycles. The van der Waals surface area contributed by atoms with Gasteiger partial charge in [-0.25, -0.2) is 0 Å². The van der Waals surface area contributed by atoms with Crippen LogP contribution in [0.3, 0.4) is 0 Å². The van der Waals surface area contributed by atoms with Crippen LogP contribution in [0.2, 0.25) is 0 Å². The molecule has 2 aromatic rings. The topological polar surface area (TPSA) is 53.9 Å². The van der Waals surface area contributed by atoms with Gasteiger partial charge in [-0.05, 0) is 52.3 Å². The largest absolute Gasteiger partial charge is 0.364 e. The molecule has 0 fully saturated rings. The highest BCUT2D eigenvalue weighted by Gasteiger charge is 2.15. The Hall–Kier alpha value is -2.17. The van der Waals surface area contributed by atoms with E-state index in [2.05, 4.69) is 73.3 Å². The van der Waals surface area contributed by atoms with Gasteiger partial charge in [0.05, 0.1) is 6.20 Å². The molecule has 21 heavy (non-hydrogen) atoms. The summed E-state index contributed by atoms with van der Waals surface area (Å²) in [7, 11) is 0. The molecule has 0 radical (unpaired) electrons. The van der Waals surface area contributed by atoms with Gasteiger partial charge in [0.15, 0.2) is 5.82 Å². The van der Waals surface area contributed by atoms with E-state index >= 15 is 0 Å². The first-order chi connectivity index (χ1) is 9.89. The minimum atomic E-state index is -0.0618. The van der Waals surface area contributed by atoms with E-state index in [1.807, 2.05) is 11.0 Å². The minimum Gasteiger partial charge on any atom is -0.364 e. The van der Waals surface area contributed by atoms with Crippen LogP contribution >= 0.6 is 0 Å². The second-order valence-electron chi connectivity index (χ2n) is 6.10. The summed E-state index contributed by atoms with van der Waals surface area (Å²) in [4.78, 5) is 6.63. The number of hydrogen-bond acceptors (Lipinski definition) is 5. The number of hydrogen-bond donors (Lipinski definition) is 1. The molecule has 5 nitrogen and oxygen atoms in total. The molecule has 0 amide bonds. The molecule has 0 saturated carbocycles. The lowest BCUT2D eigenvalue weighted by Gasteiger charge is -2.24. The van der Waals surface area contributed by atoms with Crippen molar-refractivity contribution in [2.45, 2.75) is 40.2 Å². The summed E-state index contributed by atoms with van der Waals surface area (Å²) in [6.07, 6.45) is 1.65. The SMILES string of the molecule is CCN(c1cccc(C)c1)c1nncc(NC(C)(C)C)n1. The molecule has 0 aliphatic heterocycles. The van der Waals surface area contributed by atoms with Crippen molar-refractivity contribution in [1.82, 2.24) is 15.2 Å². The fraction of sp³-hybridized carbons (Fsp3) is 0.438. The highest BCUT2D eigenvalue weighted by atomic mass is 15.3. The zero-order valence-corrected chi connectivity index (χ0v) is 13.4. The van der Waals surface area contributed by atoms with E-state index in [-0.39, 0.29) is 5.54 Å². The molecule has 0 aliphatic carbocycles. The molecule has 5 heteroatoms. The summed E-state index contributed by atoms with van der Waals surface area (Å²) in [5, 5.41) is 11.6. The quantitative estimate of drug-likeness (QED) is 0.931. The fourth-order valence-electron chi connectivity index (χ4n) is 2.09. The molecule has 112 valence electrons. The Morgan fingerprint density at radius 2 is 2.00 bits per heavy atom. The van der Waals surface area contributed by atoms with Gasteiger partial charge in [0.2, 0.25) is 0 Å². The van der Waals surface area contributed by atoms with Gasteiger partial charge in [0.1, 0.15) is 0 Å². The third-order valence-electron chi connectivity index (χ3n) is 2.92. The van der Waals surface area contributed by atoms with Crippen LogP contribution < -0.4 is 10.2 Å². The first kappa shape index (κ1) is 15.2. The van der Waals surface area contributed by atoms with Crippen molar-refractivity contribution in [2.75, 3.05) is 16.8 Å². The van der Waals surface area contributed by atoms with Gasteiger partial charge in [-0.2, -0.15) is 10.1 Å². The molecule has 0 spiro atoms. The van der Waals surface area contributed by atoms with E-state index in [4.69, 9.17) is 0 Å². The highest BCUT2D eigenvalue weighted by Crippen LogP contribution is 2.23. The average Bonchev–Trinajstić information content (AvgIpc) is 2.38. The number of anilines is 3. The predicted octanol–water partition coefficient (Wildman–Crippen LogP) is 3.55. The van der Waals surface area contributed by atoms with Crippen molar-refractivity contribution in [3.05, 3.63) is 36.0 Å². The predicted molar refractivity (Wildman–Crippen MR) is 87.1 cm³/mol. The van der Waals surface area contributed by atoms with Gasteiger partial charge in [-0.1, -0.05) is 12.1 Å². The smallest absolute Gasteiger partial charge is 0.251 e. The molecule has 1 N–H and O–H groups in total. The molecule has 1 aromatic carbocycles. The molecule has 1 aromatic heterocycles. The normalized spacial score (nSPS) is 11.3. The van der Waals surface area contributed by atoms with Gasteiger partial charge in [0.25, 0.3) is 5.95 Å². The van der Waals surface area contributed by atoms with E-state index in [0.717, 1.165) is 18.1 Å². The maximum atomic E-state index is 4.58. The summed E-state index contributed by atoms with van der Waals surface area (Å²) in [5.74, 6) is 1.34. The molecule has 0 unspecified atom stereocenters. The summed E-state index contributed by atoms with van der Waals surface area (Å²) in [6.45, 7) is 11.2. The Morgan fingerprint density at radius 3 is 2.62 bits per heavy atom. The van der Waals surface area contributed by atoms with E-state index in [1.165, 1.54) is 5.56 Å². The van der Waals surface area contributed by atoms with Crippen LogP contribution in [0.25, 0.3) is 0 Å². The Morgan fingerprint density at radius 1 is 1.24 bits per heavy atom. The van der Waals surface area contributed by atoms with E-state index in [9.17, 15) is 0 Å². The lowest BCUT2D eigenvalue weighted by atomic mass is 10.1. The van der Waals surface area contributed by atoms with Crippen LogP contribution in [0.1, 0.15) is 33.3 Å². The summed E-state index contributed by atoms with van der Waals surface area (Å²) >= 11 is 0. The maximum absolute atomic E-state index is 4.58. The Balaban J connectivity index is 2.32. The third kappa shape index (κ3) is 4.15. The standard InChI is InChI=1S/C16H23N5/c1-6-21(13-9-7-8-12(2)10-13)15-18-14(11-17-20-15)19-16(3,4)5/h7-11H,6H2,1-5H3,(H,18,19,20). The Kier molecular flexibility index (Phi) is 4.40. The monoisotopic (exact) mass is 285 g/mol. The molecule has 0 saturated heterocycles. The number of rotatable bonds is 4. The van der Waals surface area contributed by atoms with Crippen LogP contribution in [0.15, 0.2) is 30.5 Å². The van der Waals surface area contributed by atoms with Gasteiger partial charge in [0, 0.05) is 17.8 Å². The lowest BCUT2D eigenvalue weighted by molar-refractivity contribution is 0.628. The number of nitrogens with one attached hydrogen (secondary N) is 1. The van der Waals surface area contributed by atoms with Gasteiger partial charge in [-0.3, -0.25) is 0 Å². The van der Waals surface area contributed by atoms with Crippen molar-refractivity contribution in [1.29, 1.82) is 0 Å². The second kappa shape index (κ2) is 6.08. The molecule has 0 aliphatic rings. The fourth-order valence-corrected chi connectivity index (χ4v) is 2.09. The van der Waals surface area contributed by atoms with E-state index in [0.29, 0.717) is 5.95 Å². The van der Waals surface area contributed by atoms with E-state index < -0.39 is 0 Å². The molecule has 0 bridgehead atoms. The number of nitrogens with zero attached hydrogens (tertiary/aromatic N) is 4. The zero-order chi connectivity index (χ0) is 15.5. The average molecular weight is 285 g/mol. The summed E-state index contributed by atoms with van der Waals surface area (Å²) < 4.78 is 0. The molecular formula is C16H23N5. The lowest BCUT2D eigenvalue weighted by Crippen LogP contribution is -2.27. The first-order valence-corrected chi connectivity index (χ1v) is 7.21. The highest BCUT2D eigenvalue weighted by molar-refractivity contribution is 5.58. The van der Waals surface area contributed by atoms with Gasteiger partial charge < -0.3 is 10.2 Å². The van der Waals surface area contributed by atoms with Crippen molar-refractivity contribution in [3.63, 3.8) is 0 Å².